The first-order valence-corrected chi connectivity index (χ1v) is 4.18. The number of hydrogen-bond donors (Lipinski definition) is 1. The largest absolute Gasteiger partial charge is 0.344 e. The van der Waals surface area contributed by atoms with Gasteiger partial charge in [-0.15, -0.1) is 0 Å². The van der Waals surface area contributed by atoms with E-state index in [1.807, 2.05) is 6.92 Å². The van der Waals surface area contributed by atoms with Gasteiger partial charge in [-0.05, 0) is 13.0 Å². The normalized spacial score (nSPS) is 20.4. The van der Waals surface area contributed by atoms with E-state index < -0.39 is 5.79 Å². The van der Waals surface area contributed by atoms with Crippen LogP contribution < -0.4 is 5.56 Å². The third kappa shape index (κ3) is 1.50. The zero-order chi connectivity index (χ0) is 9.31. The molecule has 1 N–H and O–H groups in total. The van der Waals surface area contributed by atoms with Crippen LogP contribution in [0.5, 0.6) is 0 Å². The van der Waals surface area contributed by atoms with Gasteiger partial charge in [-0.3, -0.25) is 4.79 Å². The number of ether oxygens (including phenoxy) is 2. The van der Waals surface area contributed by atoms with Crippen molar-refractivity contribution < 1.29 is 9.47 Å². The molecule has 13 heavy (non-hydrogen) atoms. The molecule has 1 aliphatic heterocycles. The fraction of sp³-hybridized carbons (Fsp3) is 0.444. The Hall–Kier alpha value is -1.13. The quantitative estimate of drug-likeness (QED) is 0.690. The highest BCUT2D eigenvalue weighted by molar-refractivity contribution is 5.16. The minimum Gasteiger partial charge on any atom is -0.344 e. The molecule has 1 aromatic rings. The van der Waals surface area contributed by atoms with Crippen molar-refractivity contribution in [3.63, 3.8) is 0 Å². The molecule has 1 saturated heterocycles. The summed E-state index contributed by atoms with van der Waals surface area (Å²) in [6.45, 7) is 2.96. The maximum absolute atomic E-state index is 11.0. The summed E-state index contributed by atoms with van der Waals surface area (Å²) in [5, 5.41) is 0. The molecule has 0 aromatic carbocycles. The van der Waals surface area contributed by atoms with E-state index in [1.54, 1.807) is 12.3 Å². The van der Waals surface area contributed by atoms with Crippen molar-refractivity contribution in [2.75, 3.05) is 13.2 Å². The molecule has 4 nitrogen and oxygen atoms in total. The summed E-state index contributed by atoms with van der Waals surface area (Å²) in [5.41, 5.74) is 0.617. The Morgan fingerprint density at radius 1 is 1.46 bits per heavy atom. The van der Waals surface area contributed by atoms with Crippen molar-refractivity contribution in [2.45, 2.75) is 12.7 Å². The molecule has 0 atom stereocenters. The van der Waals surface area contributed by atoms with Crippen molar-refractivity contribution in [3.8, 4) is 0 Å². The molecule has 0 radical (unpaired) electrons. The fourth-order valence-corrected chi connectivity index (χ4v) is 1.41. The summed E-state index contributed by atoms with van der Waals surface area (Å²) < 4.78 is 10.8. The summed E-state index contributed by atoms with van der Waals surface area (Å²) in [6, 6.07) is 3.28. The number of hydrogen-bond acceptors (Lipinski definition) is 3. The van der Waals surface area contributed by atoms with Crippen LogP contribution in [-0.4, -0.2) is 18.2 Å². The van der Waals surface area contributed by atoms with Gasteiger partial charge >= 0.3 is 0 Å². The molecule has 4 heteroatoms. The van der Waals surface area contributed by atoms with Gasteiger partial charge in [0.1, 0.15) is 0 Å². The average molecular weight is 181 g/mol. The van der Waals surface area contributed by atoms with Gasteiger partial charge in [0.15, 0.2) is 5.79 Å². The van der Waals surface area contributed by atoms with Crippen LogP contribution in [0.1, 0.15) is 12.5 Å². The smallest absolute Gasteiger partial charge is 0.248 e. The summed E-state index contributed by atoms with van der Waals surface area (Å²) in [6.07, 6.45) is 1.59. The zero-order valence-electron chi connectivity index (χ0n) is 7.37. The Kier molecular flexibility index (Phi) is 1.94. The first-order valence-electron chi connectivity index (χ1n) is 4.18. The third-order valence-electron chi connectivity index (χ3n) is 2.14. The Morgan fingerprint density at radius 2 is 2.15 bits per heavy atom. The van der Waals surface area contributed by atoms with Gasteiger partial charge in [0.25, 0.3) is 0 Å². The van der Waals surface area contributed by atoms with Gasteiger partial charge in [-0.1, -0.05) is 0 Å². The SMILES string of the molecule is CC1(c2cc[nH]c(=O)c2)OCCO1. The molecule has 70 valence electrons. The van der Waals surface area contributed by atoms with Crippen molar-refractivity contribution in [2.24, 2.45) is 0 Å². The molecule has 1 fully saturated rings. The maximum Gasteiger partial charge on any atom is 0.248 e. The molecule has 2 heterocycles. The van der Waals surface area contributed by atoms with Gasteiger partial charge in [0, 0.05) is 17.8 Å². The molecular weight excluding hydrogens is 170 g/mol. The summed E-state index contributed by atoms with van der Waals surface area (Å²) in [4.78, 5) is 13.6. The maximum atomic E-state index is 11.0. The Bertz CT molecular complexity index is 352. The summed E-state index contributed by atoms with van der Waals surface area (Å²) in [5.74, 6) is -0.742. The number of pyridine rings is 1. The van der Waals surface area contributed by atoms with Gasteiger partial charge in [-0.2, -0.15) is 0 Å². The van der Waals surface area contributed by atoms with E-state index in [4.69, 9.17) is 9.47 Å². The van der Waals surface area contributed by atoms with E-state index in [1.165, 1.54) is 6.07 Å². The lowest BCUT2D eigenvalue weighted by Gasteiger charge is -2.21. The summed E-state index contributed by atoms with van der Waals surface area (Å²) >= 11 is 0. The van der Waals surface area contributed by atoms with Crippen LogP contribution in [0.15, 0.2) is 23.1 Å². The van der Waals surface area contributed by atoms with Gasteiger partial charge in [0.2, 0.25) is 5.56 Å². The van der Waals surface area contributed by atoms with E-state index in [0.29, 0.717) is 13.2 Å². The lowest BCUT2D eigenvalue weighted by atomic mass is 10.1. The highest BCUT2D eigenvalue weighted by Crippen LogP contribution is 2.29. The molecule has 0 saturated carbocycles. The lowest BCUT2D eigenvalue weighted by Crippen LogP contribution is -2.24. The first-order chi connectivity index (χ1) is 6.21. The molecule has 0 aliphatic carbocycles. The van der Waals surface area contributed by atoms with Crippen LogP contribution in [0.2, 0.25) is 0 Å². The third-order valence-corrected chi connectivity index (χ3v) is 2.14. The van der Waals surface area contributed by atoms with E-state index in [0.717, 1.165) is 5.56 Å². The number of H-pyrrole nitrogens is 1. The van der Waals surface area contributed by atoms with E-state index in [-0.39, 0.29) is 5.56 Å². The Labute approximate surface area is 75.5 Å². The zero-order valence-corrected chi connectivity index (χ0v) is 7.37. The predicted octanol–water partition coefficient (Wildman–Crippen LogP) is 0.594. The Morgan fingerprint density at radius 3 is 2.77 bits per heavy atom. The number of nitrogens with one attached hydrogen (secondary N) is 1. The van der Waals surface area contributed by atoms with Crippen molar-refractivity contribution in [1.29, 1.82) is 0 Å². The Balaban J connectivity index is 2.39. The minimum absolute atomic E-state index is 0.141. The highest BCUT2D eigenvalue weighted by atomic mass is 16.7. The fourth-order valence-electron chi connectivity index (χ4n) is 1.41. The molecule has 0 amide bonds. The van der Waals surface area contributed by atoms with Crippen LogP contribution in [-0.2, 0) is 15.3 Å². The second kappa shape index (κ2) is 2.97. The predicted molar refractivity (Wildman–Crippen MR) is 46.3 cm³/mol. The molecule has 1 aliphatic rings. The standard InChI is InChI=1S/C9H11NO3/c1-9(12-4-5-13-9)7-2-3-10-8(11)6-7/h2-3,6H,4-5H2,1H3,(H,10,11). The van der Waals surface area contributed by atoms with Crippen LogP contribution in [0.25, 0.3) is 0 Å². The molecular formula is C9H11NO3. The van der Waals surface area contributed by atoms with E-state index >= 15 is 0 Å². The van der Waals surface area contributed by atoms with Crippen LogP contribution >= 0.6 is 0 Å². The second-order valence-corrected chi connectivity index (χ2v) is 3.08. The molecule has 2 rings (SSSR count). The number of aromatic nitrogens is 1. The van der Waals surface area contributed by atoms with Crippen LogP contribution in [0, 0.1) is 0 Å². The first kappa shape index (κ1) is 8.47. The molecule has 1 aromatic heterocycles. The molecule has 0 spiro atoms. The van der Waals surface area contributed by atoms with Crippen LogP contribution in [0.4, 0.5) is 0 Å². The van der Waals surface area contributed by atoms with Crippen molar-refractivity contribution in [1.82, 2.24) is 4.98 Å². The topological polar surface area (TPSA) is 51.3 Å². The van der Waals surface area contributed by atoms with Crippen LogP contribution in [0.3, 0.4) is 0 Å². The van der Waals surface area contributed by atoms with Gasteiger partial charge in [-0.25, -0.2) is 0 Å². The number of rotatable bonds is 1. The number of aromatic amines is 1. The monoisotopic (exact) mass is 181 g/mol. The second-order valence-electron chi connectivity index (χ2n) is 3.08. The van der Waals surface area contributed by atoms with E-state index in [2.05, 4.69) is 4.98 Å². The van der Waals surface area contributed by atoms with Crippen molar-refractivity contribution >= 4 is 0 Å². The lowest BCUT2D eigenvalue weighted by molar-refractivity contribution is -0.149. The average Bonchev–Trinajstić information content (AvgIpc) is 2.54. The highest BCUT2D eigenvalue weighted by Gasteiger charge is 2.33. The van der Waals surface area contributed by atoms with Gasteiger partial charge < -0.3 is 14.5 Å². The van der Waals surface area contributed by atoms with E-state index in [9.17, 15) is 4.79 Å². The molecule has 0 unspecified atom stereocenters. The minimum atomic E-state index is -0.742. The van der Waals surface area contributed by atoms with Crippen molar-refractivity contribution in [3.05, 3.63) is 34.2 Å². The molecule has 0 bridgehead atoms. The summed E-state index contributed by atoms with van der Waals surface area (Å²) in [7, 11) is 0. The van der Waals surface area contributed by atoms with Gasteiger partial charge in [0.05, 0.1) is 13.2 Å².